The van der Waals surface area contributed by atoms with Gasteiger partial charge in [0, 0.05) is 30.6 Å². The van der Waals surface area contributed by atoms with Crippen LogP contribution in [0.4, 0.5) is 5.82 Å². The average Bonchev–Trinajstić information content (AvgIpc) is 3.29. The molecule has 1 amide bonds. The van der Waals surface area contributed by atoms with E-state index in [1.54, 1.807) is 6.20 Å². The molecule has 2 aromatic carbocycles. The number of carbonyl (C=O) groups excluding carboxylic acids is 2. The predicted octanol–water partition coefficient (Wildman–Crippen LogP) is 3.40. The van der Waals surface area contributed by atoms with Crippen LogP contribution in [0, 0.1) is 11.3 Å². The van der Waals surface area contributed by atoms with E-state index >= 15 is 0 Å². The third-order valence-electron chi connectivity index (χ3n) is 4.59. The summed E-state index contributed by atoms with van der Waals surface area (Å²) < 4.78 is 3.07. The first-order valence-corrected chi connectivity index (χ1v) is 9.00. The number of hydrogen-bond donors (Lipinski definition) is 1. The van der Waals surface area contributed by atoms with E-state index in [4.69, 9.17) is 0 Å². The maximum Gasteiger partial charge on any atom is 0.282 e. The molecule has 142 valence electrons. The van der Waals surface area contributed by atoms with Crippen molar-refractivity contribution in [2.24, 2.45) is 0 Å². The van der Waals surface area contributed by atoms with Crippen LogP contribution in [-0.2, 0) is 11.3 Å². The van der Waals surface area contributed by atoms with Crippen molar-refractivity contribution in [3.63, 3.8) is 0 Å². The highest BCUT2D eigenvalue weighted by Gasteiger charge is 2.22. The number of anilines is 1. The monoisotopic (exact) mass is 383 g/mol. The lowest BCUT2D eigenvalue weighted by atomic mass is 10.1. The van der Waals surface area contributed by atoms with Gasteiger partial charge in [0.2, 0.25) is 5.91 Å². The maximum atomic E-state index is 13.3. The Kier molecular flexibility index (Phi) is 4.67. The van der Waals surface area contributed by atoms with Crippen LogP contribution in [0.5, 0.6) is 0 Å². The van der Waals surface area contributed by atoms with Gasteiger partial charge in [0.05, 0.1) is 11.8 Å². The van der Waals surface area contributed by atoms with Crippen LogP contribution in [0.3, 0.4) is 0 Å². The minimum atomic E-state index is -0.418. The molecule has 4 rings (SSSR count). The summed E-state index contributed by atoms with van der Waals surface area (Å²) in [7, 11) is 0. The van der Waals surface area contributed by atoms with E-state index in [-0.39, 0.29) is 17.3 Å². The zero-order chi connectivity index (χ0) is 20.4. The van der Waals surface area contributed by atoms with Crippen molar-refractivity contribution in [2.75, 3.05) is 5.32 Å². The number of fused-ring (bicyclic) bond motifs is 1. The lowest BCUT2D eigenvalue weighted by molar-refractivity contribution is -0.114. The van der Waals surface area contributed by atoms with E-state index < -0.39 is 5.91 Å². The van der Waals surface area contributed by atoms with Gasteiger partial charge in [-0.2, -0.15) is 15.0 Å². The van der Waals surface area contributed by atoms with Crippen LogP contribution in [0.1, 0.15) is 28.4 Å². The molecule has 0 spiro atoms. The summed E-state index contributed by atoms with van der Waals surface area (Å²) in [4.78, 5) is 24.8. The highest BCUT2D eigenvalue weighted by Crippen LogP contribution is 2.25. The fourth-order valence-corrected chi connectivity index (χ4v) is 3.31. The molecule has 0 unspecified atom stereocenters. The molecule has 0 aliphatic rings. The van der Waals surface area contributed by atoms with E-state index in [1.165, 1.54) is 13.1 Å². The third kappa shape index (κ3) is 3.39. The van der Waals surface area contributed by atoms with Crippen LogP contribution < -0.4 is 5.32 Å². The Morgan fingerprint density at radius 3 is 2.55 bits per heavy atom. The number of benzene rings is 2. The summed E-state index contributed by atoms with van der Waals surface area (Å²) in [6, 6.07) is 19.5. The first kappa shape index (κ1) is 18.2. The fourth-order valence-electron chi connectivity index (χ4n) is 3.31. The summed E-state index contributed by atoms with van der Waals surface area (Å²) in [5.74, 6) is -0.731. The molecule has 0 atom stereocenters. The second-order valence-electron chi connectivity index (χ2n) is 6.59. The second kappa shape index (κ2) is 7.44. The predicted molar refractivity (Wildman–Crippen MR) is 108 cm³/mol. The van der Waals surface area contributed by atoms with E-state index in [0.717, 1.165) is 21.1 Å². The van der Waals surface area contributed by atoms with Crippen molar-refractivity contribution in [3.8, 4) is 6.07 Å². The number of nitrogens with zero attached hydrogens (tertiary/aromatic N) is 4. The van der Waals surface area contributed by atoms with Crippen LogP contribution in [0.2, 0.25) is 0 Å². The van der Waals surface area contributed by atoms with Gasteiger partial charge in [-0.05, 0) is 11.6 Å². The number of nitriles is 1. The van der Waals surface area contributed by atoms with Crippen molar-refractivity contribution >= 4 is 28.5 Å². The van der Waals surface area contributed by atoms with E-state index in [0.29, 0.717) is 12.1 Å². The Labute approximate surface area is 166 Å². The van der Waals surface area contributed by atoms with Crippen LogP contribution >= 0.6 is 0 Å². The molecule has 4 aromatic rings. The van der Waals surface area contributed by atoms with E-state index in [9.17, 15) is 14.9 Å². The lowest BCUT2D eigenvalue weighted by Gasteiger charge is -2.06. The van der Waals surface area contributed by atoms with E-state index in [2.05, 4.69) is 10.4 Å². The van der Waals surface area contributed by atoms with Crippen molar-refractivity contribution in [1.29, 1.82) is 5.26 Å². The molecule has 29 heavy (non-hydrogen) atoms. The van der Waals surface area contributed by atoms with Gasteiger partial charge < -0.3 is 9.88 Å². The largest absolute Gasteiger partial charge is 0.342 e. The summed E-state index contributed by atoms with van der Waals surface area (Å²) in [5, 5.41) is 16.6. The third-order valence-corrected chi connectivity index (χ3v) is 4.59. The summed E-state index contributed by atoms with van der Waals surface area (Å²) in [6.45, 7) is 1.92. The molecule has 0 bridgehead atoms. The molecule has 2 heterocycles. The summed E-state index contributed by atoms with van der Waals surface area (Å²) >= 11 is 0. The SMILES string of the molecule is CC(=O)Nc1c(C#N)cnn1C(=O)c1cn(Cc2ccccc2)c2ccccc12. The molecule has 1 N–H and O–H groups in total. The van der Waals surface area contributed by atoms with E-state index in [1.807, 2.05) is 65.2 Å². The highest BCUT2D eigenvalue weighted by molar-refractivity contribution is 6.09. The normalized spacial score (nSPS) is 10.6. The molecule has 0 fully saturated rings. The smallest absolute Gasteiger partial charge is 0.282 e. The topological polar surface area (TPSA) is 92.7 Å². The zero-order valence-electron chi connectivity index (χ0n) is 15.7. The van der Waals surface area contributed by atoms with Gasteiger partial charge in [-0.3, -0.25) is 9.59 Å². The van der Waals surface area contributed by atoms with Gasteiger partial charge in [0.25, 0.3) is 5.91 Å². The Hall–Kier alpha value is -4.18. The molecular weight excluding hydrogens is 366 g/mol. The number of para-hydroxylation sites is 1. The van der Waals surface area contributed by atoms with Crippen molar-refractivity contribution < 1.29 is 9.59 Å². The Morgan fingerprint density at radius 1 is 1.10 bits per heavy atom. The van der Waals surface area contributed by atoms with Gasteiger partial charge in [-0.1, -0.05) is 48.5 Å². The Morgan fingerprint density at radius 2 is 1.83 bits per heavy atom. The molecule has 0 aliphatic heterocycles. The van der Waals surface area contributed by atoms with Crippen molar-refractivity contribution in [2.45, 2.75) is 13.5 Å². The molecule has 0 aliphatic carbocycles. The molecule has 0 saturated carbocycles. The minimum absolute atomic E-state index is 0.0740. The summed E-state index contributed by atoms with van der Waals surface area (Å²) in [6.07, 6.45) is 3.05. The first-order valence-electron chi connectivity index (χ1n) is 9.00. The van der Waals surface area contributed by atoms with Crippen LogP contribution in [0.25, 0.3) is 10.9 Å². The van der Waals surface area contributed by atoms with Crippen molar-refractivity contribution in [1.82, 2.24) is 14.3 Å². The van der Waals surface area contributed by atoms with Crippen LogP contribution in [0.15, 0.2) is 67.0 Å². The maximum absolute atomic E-state index is 13.3. The molecule has 0 saturated heterocycles. The number of carbonyl (C=O) groups is 2. The molecule has 0 radical (unpaired) electrons. The number of amides is 1. The number of hydrogen-bond acceptors (Lipinski definition) is 4. The quantitative estimate of drug-likeness (QED) is 0.584. The van der Waals surface area contributed by atoms with Gasteiger partial charge >= 0.3 is 0 Å². The Balaban J connectivity index is 1.81. The number of rotatable bonds is 4. The van der Waals surface area contributed by atoms with Crippen LogP contribution in [-0.4, -0.2) is 26.2 Å². The lowest BCUT2D eigenvalue weighted by Crippen LogP contribution is -2.19. The van der Waals surface area contributed by atoms with Gasteiger partial charge in [-0.25, -0.2) is 0 Å². The fraction of sp³-hybridized carbons (Fsp3) is 0.0909. The molecule has 7 nitrogen and oxygen atoms in total. The van der Waals surface area contributed by atoms with Crippen molar-refractivity contribution in [3.05, 3.63) is 83.7 Å². The zero-order valence-corrected chi connectivity index (χ0v) is 15.7. The number of nitrogens with one attached hydrogen (secondary N) is 1. The Bertz CT molecular complexity index is 1260. The number of aromatic nitrogens is 3. The van der Waals surface area contributed by atoms with Gasteiger partial charge in [-0.15, -0.1) is 0 Å². The molecule has 7 heteroatoms. The minimum Gasteiger partial charge on any atom is -0.342 e. The second-order valence-corrected chi connectivity index (χ2v) is 6.59. The first-order chi connectivity index (χ1) is 14.1. The molecular formula is C22H17N5O2. The highest BCUT2D eigenvalue weighted by atomic mass is 16.2. The van der Waals surface area contributed by atoms with Gasteiger partial charge in [0.15, 0.2) is 5.82 Å². The standard InChI is InChI=1S/C22H17N5O2/c1-15(28)25-21-17(11-23)12-24-27(21)22(29)19-14-26(13-16-7-3-2-4-8-16)20-10-6-5-9-18(19)20/h2-10,12,14H,13H2,1H3,(H,25,28). The summed E-state index contributed by atoms with van der Waals surface area (Å²) in [5.41, 5.74) is 2.59. The molecule has 2 aromatic heterocycles. The van der Waals surface area contributed by atoms with Gasteiger partial charge in [0.1, 0.15) is 11.6 Å². The average molecular weight is 383 g/mol.